The second-order valence-corrected chi connectivity index (χ2v) is 6.83. The van der Waals surface area contributed by atoms with Crippen molar-refractivity contribution in [2.75, 3.05) is 13.2 Å². The van der Waals surface area contributed by atoms with Gasteiger partial charge in [0.2, 0.25) is 11.2 Å². The quantitative estimate of drug-likeness (QED) is 0.475. The molecule has 0 saturated carbocycles. The van der Waals surface area contributed by atoms with Crippen LogP contribution in [0, 0.1) is 6.92 Å². The Morgan fingerprint density at radius 2 is 1.62 bits per heavy atom. The average molecular weight is 440 g/mol. The Hall–Kier alpha value is -3.81. The minimum Gasteiger partial charge on any atom is -0.479 e. The molecule has 32 heavy (non-hydrogen) atoms. The fraction of sp³-hybridized carbons (Fsp3) is 0.292. The van der Waals surface area contributed by atoms with Crippen LogP contribution < -0.4 is 14.9 Å². The van der Waals surface area contributed by atoms with Crippen molar-refractivity contribution < 1.29 is 33.0 Å². The molecule has 1 unspecified atom stereocenters. The lowest BCUT2D eigenvalue weighted by Gasteiger charge is -2.14. The van der Waals surface area contributed by atoms with E-state index in [1.165, 1.54) is 6.07 Å². The zero-order chi connectivity index (χ0) is 23.3. The van der Waals surface area contributed by atoms with Crippen LogP contribution in [0.5, 0.6) is 17.2 Å². The van der Waals surface area contributed by atoms with E-state index in [9.17, 15) is 14.4 Å². The first-order valence-electron chi connectivity index (χ1n) is 10.2. The zero-order valence-corrected chi connectivity index (χ0v) is 18.3. The Morgan fingerprint density at radius 3 is 2.28 bits per heavy atom. The van der Waals surface area contributed by atoms with Crippen LogP contribution in [0.4, 0.5) is 0 Å². The number of hydrogen-bond acceptors (Lipinski definition) is 8. The molecule has 1 aromatic heterocycles. The number of esters is 2. The van der Waals surface area contributed by atoms with Gasteiger partial charge in [-0.3, -0.25) is 4.79 Å². The molecule has 0 aliphatic rings. The largest absolute Gasteiger partial charge is 0.479 e. The first-order valence-corrected chi connectivity index (χ1v) is 10.2. The highest BCUT2D eigenvalue weighted by Crippen LogP contribution is 2.28. The van der Waals surface area contributed by atoms with Crippen LogP contribution in [-0.4, -0.2) is 31.3 Å². The summed E-state index contributed by atoms with van der Waals surface area (Å²) in [5.74, 6) is 0.126. The van der Waals surface area contributed by atoms with Crippen molar-refractivity contribution in [3.05, 3.63) is 64.0 Å². The summed E-state index contributed by atoms with van der Waals surface area (Å²) in [5.41, 5.74) is 0.320. The van der Waals surface area contributed by atoms with Crippen LogP contribution in [0.1, 0.15) is 36.9 Å². The number of carbonyl (C=O) groups is 2. The van der Waals surface area contributed by atoms with Crippen LogP contribution in [-0.2, 0) is 14.3 Å². The normalized spacial score (nSPS) is 11.6. The summed E-state index contributed by atoms with van der Waals surface area (Å²) < 4.78 is 27.0. The molecule has 8 heteroatoms. The van der Waals surface area contributed by atoms with Gasteiger partial charge in [-0.15, -0.1) is 0 Å². The Kier molecular flexibility index (Phi) is 7.14. The van der Waals surface area contributed by atoms with Gasteiger partial charge in [-0.25, -0.2) is 9.59 Å². The van der Waals surface area contributed by atoms with Crippen molar-refractivity contribution >= 4 is 22.9 Å². The molecule has 0 aliphatic carbocycles. The first-order chi connectivity index (χ1) is 15.3. The van der Waals surface area contributed by atoms with E-state index in [-0.39, 0.29) is 30.2 Å². The van der Waals surface area contributed by atoms with Crippen LogP contribution in [0.2, 0.25) is 0 Å². The molecule has 0 fully saturated rings. The Labute approximate surface area is 184 Å². The summed E-state index contributed by atoms with van der Waals surface area (Å²) >= 11 is 0. The molecule has 0 saturated heterocycles. The van der Waals surface area contributed by atoms with E-state index in [0.717, 1.165) is 0 Å². The summed E-state index contributed by atoms with van der Waals surface area (Å²) in [6, 6.07) is 10.9. The van der Waals surface area contributed by atoms with Crippen LogP contribution in [0.25, 0.3) is 11.0 Å². The van der Waals surface area contributed by atoms with Crippen LogP contribution >= 0.6 is 0 Å². The molecule has 3 aromatic rings. The third kappa shape index (κ3) is 5.08. The van der Waals surface area contributed by atoms with Gasteiger partial charge in [0.25, 0.3) is 0 Å². The number of benzene rings is 2. The second-order valence-electron chi connectivity index (χ2n) is 6.83. The van der Waals surface area contributed by atoms with Gasteiger partial charge >= 0.3 is 11.9 Å². The van der Waals surface area contributed by atoms with Crippen molar-refractivity contribution in [2.45, 2.75) is 33.8 Å². The lowest BCUT2D eigenvalue weighted by atomic mass is 10.2. The van der Waals surface area contributed by atoms with E-state index in [2.05, 4.69) is 0 Å². The van der Waals surface area contributed by atoms with Crippen molar-refractivity contribution in [3.8, 4) is 17.2 Å². The van der Waals surface area contributed by atoms with E-state index in [1.54, 1.807) is 64.1 Å². The van der Waals surface area contributed by atoms with Crippen molar-refractivity contribution in [2.24, 2.45) is 0 Å². The van der Waals surface area contributed by atoms with E-state index in [4.69, 9.17) is 23.4 Å². The average Bonchev–Trinajstić information content (AvgIpc) is 2.77. The van der Waals surface area contributed by atoms with Gasteiger partial charge in [-0.05, 0) is 64.1 Å². The predicted molar refractivity (Wildman–Crippen MR) is 116 cm³/mol. The van der Waals surface area contributed by atoms with Gasteiger partial charge in [0, 0.05) is 6.07 Å². The summed E-state index contributed by atoms with van der Waals surface area (Å²) in [5, 5.41) is 0.296. The highest BCUT2D eigenvalue weighted by atomic mass is 16.6. The molecule has 8 nitrogen and oxygen atoms in total. The number of carbonyl (C=O) groups excluding carboxylic acids is 2. The molecule has 0 amide bonds. The summed E-state index contributed by atoms with van der Waals surface area (Å²) in [4.78, 5) is 36.5. The zero-order valence-electron chi connectivity index (χ0n) is 18.3. The molecule has 0 aliphatic heterocycles. The summed E-state index contributed by atoms with van der Waals surface area (Å²) in [6.45, 7) is 7.17. The lowest BCUT2D eigenvalue weighted by Crippen LogP contribution is -2.26. The van der Waals surface area contributed by atoms with Crippen molar-refractivity contribution in [1.82, 2.24) is 0 Å². The molecule has 0 radical (unpaired) electrons. The molecular formula is C24H24O8. The Balaban J connectivity index is 1.84. The fourth-order valence-corrected chi connectivity index (χ4v) is 2.96. The van der Waals surface area contributed by atoms with E-state index < -0.39 is 18.0 Å². The molecule has 2 aromatic carbocycles. The van der Waals surface area contributed by atoms with Gasteiger partial charge in [0.15, 0.2) is 6.10 Å². The Bertz CT molecular complexity index is 1180. The Morgan fingerprint density at radius 1 is 0.969 bits per heavy atom. The third-order valence-corrected chi connectivity index (χ3v) is 4.50. The third-order valence-electron chi connectivity index (χ3n) is 4.50. The maximum absolute atomic E-state index is 13.0. The van der Waals surface area contributed by atoms with Gasteiger partial charge in [-0.2, -0.15) is 0 Å². The smallest absolute Gasteiger partial charge is 0.347 e. The van der Waals surface area contributed by atoms with Crippen LogP contribution in [0.15, 0.2) is 51.7 Å². The maximum Gasteiger partial charge on any atom is 0.347 e. The van der Waals surface area contributed by atoms with Crippen molar-refractivity contribution in [1.29, 1.82) is 0 Å². The second kappa shape index (κ2) is 10.00. The van der Waals surface area contributed by atoms with Crippen molar-refractivity contribution in [3.63, 3.8) is 0 Å². The summed E-state index contributed by atoms with van der Waals surface area (Å²) in [7, 11) is 0. The number of hydrogen-bond donors (Lipinski definition) is 0. The van der Waals surface area contributed by atoms with E-state index in [0.29, 0.717) is 28.0 Å². The predicted octanol–water partition coefficient (Wildman–Crippen LogP) is 4.40. The monoisotopic (exact) mass is 440 g/mol. The molecule has 0 spiro atoms. The van der Waals surface area contributed by atoms with Gasteiger partial charge < -0.3 is 23.4 Å². The number of fused-ring (bicyclic) bond motifs is 1. The minimum atomic E-state index is -0.805. The highest BCUT2D eigenvalue weighted by Gasteiger charge is 2.18. The molecule has 168 valence electrons. The standard InChI is InChI=1S/C24H24O8/c1-5-28-23(26)15(4)30-18-11-12-19-20(13-18)31-14(3)22(21(19)25)32-17-9-7-16(8-10-17)24(27)29-6-2/h7-13,15H,5-6H2,1-4H3. The highest BCUT2D eigenvalue weighted by molar-refractivity contribution is 5.89. The van der Waals surface area contributed by atoms with Gasteiger partial charge in [-0.1, -0.05) is 0 Å². The molecular weight excluding hydrogens is 416 g/mol. The number of ether oxygens (including phenoxy) is 4. The lowest BCUT2D eigenvalue weighted by molar-refractivity contribution is -0.150. The maximum atomic E-state index is 13.0. The van der Waals surface area contributed by atoms with Crippen LogP contribution in [0.3, 0.4) is 0 Å². The SMILES string of the molecule is CCOC(=O)c1ccc(Oc2c(C)oc3cc(OC(C)C(=O)OCC)ccc3c2=O)cc1. The number of aryl methyl sites for hydroxylation is 1. The molecule has 1 heterocycles. The van der Waals surface area contributed by atoms with Gasteiger partial charge in [0.05, 0.1) is 24.2 Å². The van der Waals surface area contributed by atoms with E-state index >= 15 is 0 Å². The molecule has 0 N–H and O–H groups in total. The molecule has 0 bridgehead atoms. The molecule has 1 atom stereocenters. The van der Waals surface area contributed by atoms with E-state index in [1.807, 2.05) is 0 Å². The fourth-order valence-electron chi connectivity index (χ4n) is 2.96. The first kappa shape index (κ1) is 22.9. The molecule has 3 rings (SSSR count). The topological polar surface area (TPSA) is 101 Å². The van der Waals surface area contributed by atoms with Gasteiger partial charge in [0.1, 0.15) is 22.8 Å². The number of rotatable bonds is 8. The minimum absolute atomic E-state index is 0.0370. The summed E-state index contributed by atoms with van der Waals surface area (Å²) in [6.07, 6.45) is -0.805.